The Bertz CT molecular complexity index is 1050. The molecule has 2 aliphatic rings. The summed E-state index contributed by atoms with van der Waals surface area (Å²) in [6.45, 7) is 1.09. The van der Waals surface area contributed by atoms with Crippen LogP contribution in [-0.2, 0) is 4.74 Å². The summed E-state index contributed by atoms with van der Waals surface area (Å²) in [4.78, 5) is 26.3. The topological polar surface area (TPSA) is 126 Å². The molecular weight excluding hydrogens is 439 g/mol. The maximum absolute atomic E-state index is 13.2. The van der Waals surface area contributed by atoms with Crippen molar-refractivity contribution < 1.29 is 18.7 Å². The van der Waals surface area contributed by atoms with Crippen LogP contribution in [0.25, 0.3) is 0 Å². The van der Waals surface area contributed by atoms with Gasteiger partial charge in [0.1, 0.15) is 17.5 Å². The number of nitrogens with two attached hydrogens (primary N) is 1. The molecule has 9 nitrogen and oxygen atoms in total. The Hall–Kier alpha value is -3.61. The van der Waals surface area contributed by atoms with E-state index in [1.54, 1.807) is 15.8 Å². The minimum Gasteiger partial charge on any atom is -0.446 e. The molecule has 10 heteroatoms. The molecule has 34 heavy (non-hydrogen) atoms. The quantitative estimate of drug-likeness (QED) is 0.630. The van der Waals surface area contributed by atoms with E-state index in [-0.39, 0.29) is 47.8 Å². The van der Waals surface area contributed by atoms with Gasteiger partial charge in [-0.3, -0.25) is 9.48 Å². The summed E-state index contributed by atoms with van der Waals surface area (Å²) in [5.74, 6) is -0.691. The Kier molecular flexibility index (Phi) is 7.30. The third-order valence-corrected chi connectivity index (χ3v) is 6.66. The highest BCUT2D eigenvalue weighted by Gasteiger charge is 2.32. The van der Waals surface area contributed by atoms with Gasteiger partial charge in [0.05, 0.1) is 18.5 Å². The van der Waals surface area contributed by atoms with E-state index in [4.69, 9.17) is 10.5 Å². The van der Waals surface area contributed by atoms with Crippen LogP contribution < -0.4 is 11.1 Å². The lowest BCUT2D eigenvalue weighted by atomic mass is 9.88. The lowest BCUT2D eigenvalue weighted by molar-refractivity contribution is 0.0509. The number of rotatable bonds is 7. The highest BCUT2D eigenvalue weighted by atomic mass is 19.1. The van der Waals surface area contributed by atoms with Crippen LogP contribution in [0.15, 0.2) is 30.5 Å². The van der Waals surface area contributed by atoms with Crippen LogP contribution in [0.1, 0.15) is 61.3 Å². The molecule has 1 aromatic heterocycles. The first-order valence-electron chi connectivity index (χ1n) is 11.7. The van der Waals surface area contributed by atoms with E-state index in [9.17, 15) is 19.2 Å². The van der Waals surface area contributed by atoms with Crippen molar-refractivity contribution in [2.45, 2.75) is 57.1 Å². The monoisotopic (exact) mass is 468 g/mol. The molecule has 2 amide bonds. The highest BCUT2D eigenvalue weighted by Crippen LogP contribution is 2.33. The predicted octanol–water partition coefficient (Wildman–Crippen LogP) is 4.11. The smallest absolute Gasteiger partial charge is 0.410 e. The summed E-state index contributed by atoms with van der Waals surface area (Å²) < 4.78 is 20.5. The maximum Gasteiger partial charge on any atom is 0.410 e. The van der Waals surface area contributed by atoms with Gasteiger partial charge in [0.2, 0.25) is 0 Å². The maximum atomic E-state index is 13.2. The van der Waals surface area contributed by atoms with E-state index in [1.807, 2.05) is 0 Å². The summed E-state index contributed by atoms with van der Waals surface area (Å²) in [7, 11) is 0. The number of ether oxygens (including phenoxy) is 1. The third kappa shape index (κ3) is 5.47. The first kappa shape index (κ1) is 23.5. The van der Waals surface area contributed by atoms with E-state index in [0.29, 0.717) is 31.6 Å². The molecule has 2 heterocycles. The van der Waals surface area contributed by atoms with Crippen LogP contribution in [0, 0.1) is 23.1 Å². The second-order valence-corrected chi connectivity index (χ2v) is 8.91. The van der Waals surface area contributed by atoms with Crippen molar-refractivity contribution in [2.75, 3.05) is 18.4 Å². The number of anilines is 2. The molecule has 1 saturated carbocycles. The first-order chi connectivity index (χ1) is 16.4. The Morgan fingerprint density at radius 1 is 1.21 bits per heavy atom. The van der Waals surface area contributed by atoms with Crippen LogP contribution in [0.2, 0.25) is 0 Å². The van der Waals surface area contributed by atoms with Gasteiger partial charge in [-0.2, -0.15) is 10.4 Å². The van der Waals surface area contributed by atoms with Crippen molar-refractivity contribution in [3.05, 3.63) is 41.8 Å². The van der Waals surface area contributed by atoms with Gasteiger partial charge >= 0.3 is 6.09 Å². The molecule has 0 bridgehead atoms. The van der Waals surface area contributed by atoms with Crippen LogP contribution in [0.4, 0.5) is 20.7 Å². The third-order valence-electron chi connectivity index (χ3n) is 6.66. The molecule has 0 radical (unpaired) electrons. The number of hydrogen-bond donors (Lipinski definition) is 2. The Labute approximate surface area is 197 Å². The number of halogens is 1. The summed E-state index contributed by atoms with van der Waals surface area (Å²) >= 11 is 0. The predicted molar refractivity (Wildman–Crippen MR) is 123 cm³/mol. The summed E-state index contributed by atoms with van der Waals surface area (Å²) in [6.07, 6.45) is 6.98. The average molecular weight is 469 g/mol. The normalized spacial score (nSPS) is 17.8. The minimum absolute atomic E-state index is 0.0277. The lowest BCUT2D eigenvalue weighted by Crippen LogP contribution is -2.41. The van der Waals surface area contributed by atoms with Crippen molar-refractivity contribution in [1.82, 2.24) is 14.7 Å². The van der Waals surface area contributed by atoms with Gasteiger partial charge in [0.25, 0.3) is 5.91 Å². The number of nitriles is 1. The van der Waals surface area contributed by atoms with Gasteiger partial charge in [0, 0.05) is 25.0 Å². The van der Waals surface area contributed by atoms with Crippen molar-refractivity contribution in [1.29, 1.82) is 5.26 Å². The molecule has 0 spiro atoms. The first-order valence-corrected chi connectivity index (χ1v) is 11.7. The van der Waals surface area contributed by atoms with Crippen LogP contribution in [-0.4, -0.2) is 45.9 Å². The number of benzene rings is 1. The van der Waals surface area contributed by atoms with E-state index in [0.717, 1.165) is 25.7 Å². The van der Waals surface area contributed by atoms with Crippen molar-refractivity contribution >= 4 is 23.5 Å². The van der Waals surface area contributed by atoms with E-state index in [2.05, 4.69) is 16.5 Å². The van der Waals surface area contributed by atoms with Crippen molar-refractivity contribution in [2.24, 2.45) is 11.7 Å². The second-order valence-electron chi connectivity index (χ2n) is 8.91. The Balaban J connectivity index is 1.45. The van der Waals surface area contributed by atoms with E-state index in [1.165, 1.54) is 24.3 Å². The molecule has 1 aromatic carbocycles. The molecule has 2 fully saturated rings. The Morgan fingerprint density at radius 2 is 1.88 bits per heavy atom. The molecule has 1 aliphatic heterocycles. The number of nitrogens with zero attached hydrogens (tertiary/aromatic N) is 4. The van der Waals surface area contributed by atoms with Crippen LogP contribution >= 0.6 is 0 Å². The number of nitrogens with one attached hydrogen (secondary N) is 1. The van der Waals surface area contributed by atoms with Crippen LogP contribution in [0.3, 0.4) is 0 Å². The van der Waals surface area contributed by atoms with Gasteiger partial charge in [-0.05, 0) is 68.7 Å². The molecular formula is C24H29FN6O3. The SMILES string of the molecule is N#CCC(C1CCN(C(=O)OC2CCCC2)CC1)n1cc(C(N)=O)c(Nc2ccc(F)cc2)n1. The van der Waals surface area contributed by atoms with Gasteiger partial charge in [-0.25, -0.2) is 9.18 Å². The molecule has 1 aliphatic carbocycles. The standard InChI is InChI=1S/C24H29FN6O3/c25-17-5-7-18(8-6-17)28-23-20(22(27)32)15-31(29-23)21(9-12-26)16-10-13-30(14-11-16)24(33)34-19-3-1-2-4-19/h5-8,15-16,19,21H,1-4,9-11,13-14H2,(H2,27,32)(H,28,29). The Morgan fingerprint density at radius 3 is 2.50 bits per heavy atom. The number of primary amides is 1. The molecule has 1 atom stereocenters. The zero-order valence-corrected chi connectivity index (χ0v) is 19.0. The fourth-order valence-electron chi connectivity index (χ4n) is 4.76. The zero-order chi connectivity index (χ0) is 24.1. The average Bonchev–Trinajstić information content (AvgIpc) is 3.49. The number of amides is 2. The summed E-state index contributed by atoms with van der Waals surface area (Å²) in [5, 5.41) is 17.0. The van der Waals surface area contributed by atoms with Gasteiger partial charge in [0.15, 0.2) is 5.82 Å². The van der Waals surface area contributed by atoms with Gasteiger partial charge in [-0.1, -0.05) is 0 Å². The molecule has 1 saturated heterocycles. The number of piperidine rings is 1. The number of aromatic nitrogens is 2. The highest BCUT2D eigenvalue weighted by molar-refractivity contribution is 5.98. The summed E-state index contributed by atoms with van der Waals surface area (Å²) in [5.41, 5.74) is 6.30. The molecule has 1 unspecified atom stereocenters. The molecule has 180 valence electrons. The van der Waals surface area contributed by atoms with Gasteiger partial charge in [-0.15, -0.1) is 0 Å². The minimum atomic E-state index is -0.656. The fraction of sp³-hybridized carbons (Fsp3) is 0.500. The summed E-state index contributed by atoms with van der Waals surface area (Å²) in [6, 6.07) is 7.60. The van der Waals surface area contributed by atoms with Crippen molar-refractivity contribution in [3.8, 4) is 6.07 Å². The van der Waals surface area contributed by atoms with E-state index >= 15 is 0 Å². The number of carbonyl (C=O) groups is 2. The molecule has 4 rings (SSSR count). The zero-order valence-electron chi connectivity index (χ0n) is 19.0. The number of hydrogen-bond acceptors (Lipinski definition) is 6. The van der Waals surface area contributed by atoms with Crippen molar-refractivity contribution in [3.63, 3.8) is 0 Å². The number of likely N-dealkylation sites (tertiary alicyclic amines) is 1. The van der Waals surface area contributed by atoms with Gasteiger partial charge < -0.3 is 20.7 Å². The largest absolute Gasteiger partial charge is 0.446 e. The fourth-order valence-corrected chi connectivity index (χ4v) is 4.76. The lowest BCUT2D eigenvalue weighted by Gasteiger charge is -2.35. The number of carbonyl (C=O) groups excluding carboxylic acids is 2. The van der Waals surface area contributed by atoms with Crippen LogP contribution in [0.5, 0.6) is 0 Å². The second kappa shape index (κ2) is 10.5. The molecule has 2 aromatic rings. The molecule has 3 N–H and O–H groups in total. The van der Waals surface area contributed by atoms with E-state index < -0.39 is 5.91 Å².